The predicted molar refractivity (Wildman–Crippen MR) is 59.8 cm³/mol. The third-order valence-electron chi connectivity index (χ3n) is 1.68. The molecule has 0 radical (unpaired) electrons. The van der Waals surface area contributed by atoms with Crippen molar-refractivity contribution in [3.8, 4) is 5.75 Å². The Labute approximate surface area is 93.3 Å². The maximum Gasteiger partial charge on any atom is 0.416 e. The minimum Gasteiger partial charge on any atom is -0.544 e. The van der Waals surface area contributed by atoms with Crippen LogP contribution in [0.4, 0.5) is 18.9 Å². The predicted octanol–water partition coefficient (Wildman–Crippen LogP) is 3.50. The Morgan fingerprint density at radius 2 is 1.69 bits per heavy atom. The van der Waals surface area contributed by atoms with Crippen LogP contribution in [0.15, 0.2) is 18.2 Å². The highest BCUT2D eigenvalue weighted by Gasteiger charge is 2.31. The number of anilines is 1. The lowest BCUT2D eigenvalue weighted by atomic mass is 10.2. The molecule has 0 unspecified atom stereocenters. The topological polar surface area (TPSA) is 35.2 Å². The van der Waals surface area contributed by atoms with Crippen LogP contribution in [0.3, 0.4) is 0 Å². The van der Waals surface area contributed by atoms with Gasteiger partial charge in [-0.2, -0.15) is 13.2 Å². The molecule has 0 aliphatic rings. The molecule has 0 spiro atoms. The fourth-order valence-electron chi connectivity index (χ4n) is 1.20. The molecule has 1 rings (SSSR count). The number of nitrogens with two attached hydrogens (primary N) is 1. The first-order valence-electron chi connectivity index (χ1n) is 4.75. The summed E-state index contributed by atoms with van der Waals surface area (Å²) < 4.78 is 42.9. The third kappa shape index (κ3) is 3.77. The van der Waals surface area contributed by atoms with E-state index in [9.17, 15) is 13.2 Å². The van der Waals surface area contributed by atoms with Gasteiger partial charge >= 0.3 is 6.18 Å². The molecule has 1 aromatic carbocycles. The molecule has 16 heavy (non-hydrogen) atoms. The van der Waals surface area contributed by atoms with E-state index in [0.717, 1.165) is 12.1 Å². The molecule has 0 atom stereocenters. The van der Waals surface area contributed by atoms with Crippen LogP contribution >= 0.6 is 0 Å². The molecule has 2 N–H and O–H groups in total. The Morgan fingerprint density at radius 3 is 2.12 bits per heavy atom. The summed E-state index contributed by atoms with van der Waals surface area (Å²) >= 11 is 0. The van der Waals surface area contributed by atoms with Crippen molar-refractivity contribution in [3.05, 3.63) is 23.8 Å². The molecule has 0 aliphatic heterocycles. The molecule has 0 fully saturated rings. The van der Waals surface area contributed by atoms with Crippen molar-refractivity contribution in [2.45, 2.75) is 25.8 Å². The molecule has 0 aliphatic carbocycles. The van der Waals surface area contributed by atoms with E-state index in [1.807, 2.05) is 19.6 Å². The highest BCUT2D eigenvalue weighted by Crippen LogP contribution is 2.33. The monoisotopic (exact) mass is 249 g/mol. The fraction of sp³-hybridized carbons (Fsp3) is 0.400. The SMILES string of the molecule is C[Si](C)(C)Oc1cc(N)cc(C(F)(F)F)c1. The number of halogens is 3. The summed E-state index contributed by atoms with van der Waals surface area (Å²) in [6, 6.07) is 3.29. The van der Waals surface area contributed by atoms with Gasteiger partial charge in [0, 0.05) is 11.8 Å². The van der Waals surface area contributed by atoms with Crippen LogP contribution in [0, 0.1) is 0 Å². The van der Waals surface area contributed by atoms with E-state index in [2.05, 4.69) is 0 Å². The van der Waals surface area contributed by atoms with Crippen molar-refractivity contribution >= 4 is 14.0 Å². The summed E-state index contributed by atoms with van der Waals surface area (Å²) in [5, 5.41) is 0. The Bertz CT molecular complexity index is 385. The zero-order valence-corrected chi connectivity index (χ0v) is 10.4. The molecule has 2 nitrogen and oxygen atoms in total. The minimum absolute atomic E-state index is 0.0584. The van der Waals surface area contributed by atoms with Gasteiger partial charge < -0.3 is 10.2 Å². The van der Waals surface area contributed by atoms with Crippen LogP contribution in [0.1, 0.15) is 5.56 Å². The number of rotatable bonds is 2. The highest BCUT2D eigenvalue weighted by molar-refractivity contribution is 6.70. The first kappa shape index (κ1) is 12.9. The zero-order chi connectivity index (χ0) is 12.6. The van der Waals surface area contributed by atoms with Crippen LogP contribution in [-0.2, 0) is 6.18 Å². The van der Waals surface area contributed by atoms with Gasteiger partial charge in [-0.1, -0.05) is 0 Å². The molecular formula is C10H14F3NOSi. The lowest BCUT2D eigenvalue weighted by Crippen LogP contribution is -2.29. The van der Waals surface area contributed by atoms with Gasteiger partial charge in [0.05, 0.1) is 5.56 Å². The molecule has 0 heterocycles. The van der Waals surface area contributed by atoms with Crippen LogP contribution in [0.25, 0.3) is 0 Å². The van der Waals surface area contributed by atoms with E-state index in [-0.39, 0.29) is 11.4 Å². The highest BCUT2D eigenvalue weighted by atomic mass is 28.4. The van der Waals surface area contributed by atoms with Gasteiger partial charge in [0.1, 0.15) is 5.75 Å². The minimum atomic E-state index is -4.40. The fourth-order valence-corrected chi connectivity index (χ4v) is 2.02. The molecule has 0 bridgehead atoms. The van der Waals surface area contributed by atoms with E-state index >= 15 is 0 Å². The van der Waals surface area contributed by atoms with Gasteiger partial charge in [-0.05, 0) is 31.8 Å². The number of alkyl halides is 3. The first-order chi connectivity index (χ1) is 7.08. The Hall–Kier alpha value is -1.17. The summed E-state index contributed by atoms with van der Waals surface area (Å²) in [4.78, 5) is 0. The van der Waals surface area contributed by atoms with E-state index in [0.29, 0.717) is 0 Å². The standard InChI is InChI=1S/C10H14F3NOSi/c1-16(2,3)15-9-5-7(10(11,12)13)4-8(14)6-9/h4-6H,14H2,1-3H3. The maximum absolute atomic E-state index is 12.5. The molecule has 0 saturated carbocycles. The second-order valence-corrected chi connectivity index (χ2v) is 8.93. The number of hydrogen-bond donors (Lipinski definition) is 1. The Morgan fingerprint density at radius 1 is 1.12 bits per heavy atom. The largest absolute Gasteiger partial charge is 0.544 e. The smallest absolute Gasteiger partial charge is 0.416 e. The summed E-state index contributed by atoms with van der Waals surface area (Å²) in [7, 11) is -1.93. The third-order valence-corrected chi connectivity index (χ3v) is 2.53. The van der Waals surface area contributed by atoms with Gasteiger partial charge in [0.15, 0.2) is 0 Å². The molecule has 0 aromatic heterocycles. The van der Waals surface area contributed by atoms with Crippen molar-refractivity contribution in [2.75, 3.05) is 5.73 Å². The molecule has 0 amide bonds. The van der Waals surface area contributed by atoms with E-state index in [4.69, 9.17) is 10.2 Å². The lowest BCUT2D eigenvalue weighted by Gasteiger charge is -2.20. The van der Waals surface area contributed by atoms with Crippen LogP contribution in [-0.4, -0.2) is 8.32 Å². The van der Waals surface area contributed by atoms with Gasteiger partial charge in [-0.25, -0.2) is 0 Å². The van der Waals surface area contributed by atoms with Crippen molar-refractivity contribution < 1.29 is 17.6 Å². The molecule has 1 aromatic rings. The van der Waals surface area contributed by atoms with E-state index in [1.54, 1.807) is 0 Å². The van der Waals surface area contributed by atoms with E-state index in [1.165, 1.54) is 6.07 Å². The first-order valence-corrected chi connectivity index (χ1v) is 8.15. The number of hydrogen-bond acceptors (Lipinski definition) is 2. The molecule has 6 heteroatoms. The molecule has 0 saturated heterocycles. The van der Waals surface area contributed by atoms with Crippen LogP contribution in [0.5, 0.6) is 5.75 Å². The summed E-state index contributed by atoms with van der Waals surface area (Å²) in [5.41, 5.74) is 4.69. The van der Waals surface area contributed by atoms with Crippen molar-refractivity contribution in [2.24, 2.45) is 0 Å². The van der Waals surface area contributed by atoms with Crippen LogP contribution < -0.4 is 10.2 Å². The summed E-state index contributed by atoms with van der Waals surface area (Å²) in [5.74, 6) is 0.187. The van der Waals surface area contributed by atoms with Gasteiger partial charge in [0.25, 0.3) is 0 Å². The molecular weight excluding hydrogens is 235 g/mol. The number of benzene rings is 1. The van der Waals surface area contributed by atoms with Gasteiger partial charge in [-0.3, -0.25) is 0 Å². The normalized spacial score (nSPS) is 12.6. The maximum atomic E-state index is 12.5. The zero-order valence-electron chi connectivity index (χ0n) is 9.35. The summed E-state index contributed by atoms with van der Waals surface area (Å²) in [6.45, 7) is 5.68. The Kier molecular flexibility index (Phi) is 3.23. The van der Waals surface area contributed by atoms with Crippen LogP contribution in [0.2, 0.25) is 19.6 Å². The number of nitrogen functional groups attached to an aromatic ring is 1. The van der Waals surface area contributed by atoms with Crippen molar-refractivity contribution in [1.29, 1.82) is 0 Å². The van der Waals surface area contributed by atoms with Gasteiger partial charge in [-0.15, -0.1) is 0 Å². The van der Waals surface area contributed by atoms with Crippen molar-refractivity contribution in [1.82, 2.24) is 0 Å². The Balaban J connectivity index is 3.09. The lowest BCUT2D eigenvalue weighted by molar-refractivity contribution is -0.137. The quantitative estimate of drug-likeness (QED) is 0.643. The average molecular weight is 249 g/mol. The molecule has 90 valence electrons. The average Bonchev–Trinajstić information content (AvgIpc) is 1.97. The second kappa shape index (κ2) is 4.01. The van der Waals surface area contributed by atoms with E-state index < -0.39 is 20.1 Å². The second-order valence-electron chi connectivity index (χ2n) is 4.50. The van der Waals surface area contributed by atoms with Gasteiger partial charge in [0.2, 0.25) is 8.32 Å². The summed E-state index contributed by atoms with van der Waals surface area (Å²) in [6.07, 6.45) is -4.40. The van der Waals surface area contributed by atoms with Crippen molar-refractivity contribution in [3.63, 3.8) is 0 Å².